The van der Waals surface area contributed by atoms with E-state index in [1.807, 2.05) is 18.3 Å². The number of hydrogen-bond donors (Lipinski definition) is 4. The molecule has 0 unspecified atom stereocenters. The highest BCUT2D eigenvalue weighted by molar-refractivity contribution is 5.86. The lowest BCUT2D eigenvalue weighted by Crippen LogP contribution is -2.41. The van der Waals surface area contributed by atoms with Crippen molar-refractivity contribution in [1.29, 1.82) is 0 Å². The van der Waals surface area contributed by atoms with Crippen molar-refractivity contribution >= 4 is 16.9 Å². The molecule has 0 bridgehead atoms. The number of urea groups is 1. The predicted octanol–water partition coefficient (Wildman–Crippen LogP) is 2.26. The second-order valence-electron chi connectivity index (χ2n) is 6.13. The number of aromatic amines is 1. The molecule has 0 aliphatic heterocycles. The molecule has 122 valence electrons. The van der Waals surface area contributed by atoms with Gasteiger partial charge in [-0.25, -0.2) is 4.79 Å². The maximum absolute atomic E-state index is 11.9. The highest BCUT2D eigenvalue weighted by Gasteiger charge is 2.19. The Morgan fingerprint density at radius 1 is 1.39 bits per heavy atom. The molecule has 0 fully saturated rings. The first-order valence-corrected chi connectivity index (χ1v) is 8.06. The number of H-pyrrole nitrogens is 1. The third kappa shape index (κ3) is 3.56. The molecule has 0 saturated carbocycles. The van der Waals surface area contributed by atoms with Gasteiger partial charge in [0, 0.05) is 42.2 Å². The van der Waals surface area contributed by atoms with Gasteiger partial charge in [-0.1, -0.05) is 30.4 Å². The number of para-hydroxylation sites is 1. The Hall–Kier alpha value is -2.27. The van der Waals surface area contributed by atoms with E-state index in [4.69, 9.17) is 5.11 Å². The number of amides is 2. The first-order valence-electron chi connectivity index (χ1n) is 8.06. The van der Waals surface area contributed by atoms with Crippen LogP contribution < -0.4 is 10.6 Å². The summed E-state index contributed by atoms with van der Waals surface area (Å²) >= 11 is 0. The molecule has 2 atom stereocenters. The van der Waals surface area contributed by atoms with Crippen molar-refractivity contribution in [1.82, 2.24) is 15.6 Å². The van der Waals surface area contributed by atoms with E-state index in [1.54, 1.807) is 0 Å². The van der Waals surface area contributed by atoms with Gasteiger partial charge in [0.1, 0.15) is 0 Å². The summed E-state index contributed by atoms with van der Waals surface area (Å²) in [5.41, 5.74) is 3.61. The van der Waals surface area contributed by atoms with E-state index in [2.05, 4.69) is 40.7 Å². The van der Waals surface area contributed by atoms with Gasteiger partial charge in [-0.15, -0.1) is 0 Å². The Morgan fingerprint density at radius 3 is 3.04 bits per heavy atom. The molecule has 23 heavy (non-hydrogen) atoms. The van der Waals surface area contributed by atoms with Crippen LogP contribution in [0, 0.1) is 12.8 Å². The number of benzene rings is 1. The summed E-state index contributed by atoms with van der Waals surface area (Å²) in [6, 6.07) is 6.10. The lowest BCUT2D eigenvalue weighted by molar-refractivity contribution is 0.231. The van der Waals surface area contributed by atoms with E-state index in [0.29, 0.717) is 6.54 Å². The first-order chi connectivity index (χ1) is 11.2. The highest BCUT2D eigenvalue weighted by Crippen LogP contribution is 2.21. The summed E-state index contributed by atoms with van der Waals surface area (Å²) in [4.78, 5) is 15.2. The molecule has 4 N–H and O–H groups in total. The van der Waals surface area contributed by atoms with Crippen molar-refractivity contribution in [2.45, 2.75) is 25.8 Å². The summed E-state index contributed by atoms with van der Waals surface area (Å²) in [6.45, 7) is 2.81. The Labute approximate surface area is 135 Å². The van der Waals surface area contributed by atoms with Crippen molar-refractivity contribution in [2.75, 3.05) is 13.2 Å². The summed E-state index contributed by atoms with van der Waals surface area (Å²) in [5.74, 6) is 0.162. The molecule has 1 heterocycles. The molecule has 0 saturated heterocycles. The van der Waals surface area contributed by atoms with Crippen LogP contribution in [0.5, 0.6) is 0 Å². The molecule has 0 spiro atoms. The average molecular weight is 313 g/mol. The number of hydrogen-bond acceptors (Lipinski definition) is 2. The molecule has 2 aromatic rings. The third-order valence-electron chi connectivity index (χ3n) is 4.41. The zero-order valence-electron chi connectivity index (χ0n) is 13.3. The number of aromatic nitrogens is 1. The van der Waals surface area contributed by atoms with Crippen LogP contribution in [-0.4, -0.2) is 35.3 Å². The smallest absolute Gasteiger partial charge is 0.315 e. The molecule has 1 aromatic carbocycles. The zero-order valence-corrected chi connectivity index (χ0v) is 13.3. The fourth-order valence-corrected chi connectivity index (χ4v) is 3.12. The van der Waals surface area contributed by atoms with Gasteiger partial charge < -0.3 is 20.7 Å². The van der Waals surface area contributed by atoms with Crippen molar-refractivity contribution in [2.24, 2.45) is 5.92 Å². The van der Waals surface area contributed by atoms with Crippen LogP contribution in [-0.2, 0) is 6.42 Å². The second-order valence-corrected chi connectivity index (χ2v) is 6.13. The van der Waals surface area contributed by atoms with Crippen LogP contribution in [0.25, 0.3) is 10.9 Å². The van der Waals surface area contributed by atoms with Gasteiger partial charge in [0.05, 0.1) is 0 Å². The minimum absolute atomic E-state index is 0.0166. The minimum atomic E-state index is -0.158. The van der Waals surface area contributed by atoms with E-state index in [0.717, 1.165) is 18.4 Å². The summed E-state index contributed by atoms with van der Waals surface area (Å²) in [5, 5.41) is 16.1. The lowest BCUT2D eigenvalue weighted by atomic mass is 10.1. The van der Waals surface area contributed by atoms with Crippen LogP contribution in [0.1, 0.15) is 17.5 Å². The van der Waals surface area contributed by atoms with E-state index < -0.39 is 0 Å². The van der Waals surface area contributed by atoms with Crippen molar-refractivity contribution in [3.8, 4) is 0 Å². The number of rotatable bonds is 5. The van der Waals surface area contributed by atoms with Gasteiger partial charge in [-0.2, -0.15) is 0 Å². The van der Waals surface area contributed by atoms with Crippen molar-refractivity contribution < 1.29 is 9.90 Å². The van der Waals surface area contributed by atoms with Crippen LogP contribution in [0.2, 0.25) is 0 Å². The first kappa shape index (κ1) is 15.6. The second kappa shape index (κ2) is 6.87. The molecule has 1 aromatic heterocycles. The number of carbonyl (C=O) groups is 1. The van der Waals surface area contributed by atoms with Gasteiger partial charge in [-0.05, 0) is 30.9 Å². The maximum atomic E-state index is 11.9. The third-order valence-corrected chi connectivity index (χ3v) is 4.41. The SMILES string of the molecule is Cc1cccc2c(CCNC(=O)N[C@@H]3C=C[C@H](CO)C3)c[nH]c12. The van der Waals surface area contributed by atoms with Crippen LogP contribution in [0.4, 0.5) is 4.79 Å². The molecule has 3 rings (SSSR count). The molecule has 2 amide bonds. The number of aliphatic hydroxyl groups excluding tert-OH is 1. The fraction of sp³-hybridized carbons (Fsp3) is 0.389. The van der Waals surface area contributed by atoms with Crippen molar-refractivity contribution in [3.05, 3.63) is 47.7 Å². The molecule has 5 nitrogen and oxygen atoms in total. The van der Waals surface area contributed by atoms with Crippen LogP contribution in [0.3, 0.4) is 0 Å². The molecule has 1 aliphatic carbocycles. The number of aryl methyl sites for hydroxylation is 1. The number of fused-ring (bicyclic) bond motifs is 1. The minimum Gasteiger partial charge on any atom is -0.396 e. The van der Waals surface area contributed by atoms with E-state index in [9.17, 15) is 4.79 Å². The predicted molar refractivity (Wildman–Crippen MR) is 91.4 cm³/mol. The summed E-state index contributed by atoms with van der Waals surface area (Å²) in [7, 11) is 0. The van der Waals surface area contributed by atoms with Crippen LogP contribution in [0.15, 0.2) is 36.5 Å². The number of carbonyl (C=O) groups excluding carboxylic acids is 1. The highest BCUT2D eigenvalue weighted by atomic mass is 16.3. The Kier molecular flexibility index (Phi) is 4.67. The van der Waals surface area contributed by atoms with Gasteiger partial charge in [0.25, 0.3) is 0 Å². The Balaban J connectivity index is 1.48. The topological polar surface area (TPSA) is 77.2 Å². The molecule has 0 radical (unpaired) electrons. The van der Waals surface area contributed by atoms with Gasteiger partial charge in [0.15, 0.2) is 0 Å². The lowest BCUT2D eigenvalue weighted by Gasteiger charge is -2.13. The van der Waals surface area contributed by atoms with E-state index >= 15 is 0 Å². The van der Waals surface area contributed by atoms with Crippen molar-refractivity contribution in [3.63, 3.8) is 0 Å². The van der Waals surface area contributed by atoms with Gasteiger partial charge >= 0.3 is 6.03 Å². The van der Waals surface area contributed by atoms with E-state index in [-0.39, 0.29) is 24.6 Å². The summed E-state index contributed by atoms with van der Waals surface area (Å²) in [6.07, 6.45) is 7.48. The standard InChI is InChI=1S/C18H23N3O2/c1-12-3-2-4-16-14(10-20-17(12)16)7-8-19-18(23)21-15-6-5-13(9-15)11-22/h2-6,10,13,15,20,22H,7-9,11H2,1H3,(H2,19,21,23)/t13-,15+/m0/s1. The molecular formula is C18H23N3O2. The quantitative estimate of drug-likeness (QED) is 0.639. The van der Waals surface area contributed by atoms with Crippen LogP contribution >= 0.6 is 0 Å². The van der Waals surface area contributed by atoms with E-state index in [1.165, 1.54) is 16.5 Å². The fourth-order valence-electron chi connectivity index (χ4n) is 3.12. The summed E-state index contributed by atoms with van der Waals surface area (Å²) < 4.78 is 0. The number of nitrogens with one attached hydrogen (secondary N) is 3. The Bertz CT molecular complexity index is 720. The molecule has 1 aliphatic rings. The molecule has 5 heteroatoms. The number of aliphatic hydroxyl groups is 1. The Morgan fingerprint density at radius 2 is 2.26 bits per heavy atom. The normalized spacial score (nSPS) is 20.1. The van der Waals surface area contributed by atoms with Gasteiger partial charge in [0.2, 0.25) is 0 Å². The largest absolute Gasteiger partial charge is 0.396 e. The monoisotopic (exact) mass is 313 g/mol. The zero-order chi connectivity index (χ0) is 16.2. The van der Waals surface area contributed by atoms with Gasteiger partial charge in [-0.3, -0.25) is 0 Å². The molecular weight excluding hydrogens is 290 g/mol. The average Bonchev–Trinajstić information content (AvgIpc) is 3.15. The maximum Gasteiger partial charge on any atom is 0.315 e.